The molecule has 1 heterocycles. The Labute approximate surface area is 225 Å². The van der Waals surface area contributed by atoms with Crippen molar-refractivity contribution in [3.05, 3.63) is 64.3 Å². The molecule has 0 atom stereocenters. The third kappa shape index (κ3) is 7.30. The van der Waals surface area contributed by atoms with Gasteiger partial charge in [0.25, 0.3) is 0 Å². The van der Waals surface area contributed by atoms with Gasteiger partial charge in [0.1, 0.15) is 0 Å². The zero-order valence-corrected chi connectivity index (χ0v) is 24.4. The van der Waals surface area contributed by atoms with Gasteiger partial charge in [-0.25, -0.2) is 5.43 Å². The Bertz CT molecular complexity index is 1250. The fraction of sp³-hybridized carbons (Fsp3) is 0.448. The number of thioether (sulfide) groups is 1. The molecule has 3 aromatic rings. The number of hydrogen-bond donors (Lipinski definition) is 2. The molecule has 1 aromatic heterocycles. The molecule has 7 heteroatoms. The summed E-state index contributed by atoms with van der Waals surface area (Å²) in [6, 6.07) is 15.1. The van der Waals surface area contributed by atoms with E-state index in [4.69, 9.17) is 17.3 Å². The van der Waals surface area contributed by atoms with E-state index in [1.807, 2.05) is 30.1 Å². The Hall–Kier alpha value is -2.44. The molecule has 0 radical (unpaired) electrons. The Kier molecular flexibility index (Phi) is 8.84. The summed E-state index contributed by atoms with van der Waals surface area (Å²) in [6.07, 6.45) is 2.75. The van der Waals surface area contributed by atoms with E-state index in [-0.39, 0.29) is 10.2 Å². The van der Waals surface area contributed by atoms with Crippen LogP contribution in [0.2, 0.25) is 5.02 Å². The molecule has 0 aliphatic rings. The highest BCUT2D eigenvalue weighted by molar-refractivity contribution is 8.00. The maximum absolute atomic E-state index is 6.19. The smallest absolute Gasteiger partial charge is 0.209 e. The lowest BCUT2D eigenvalue weighted by Crippen LogP contribution is -2.29. The van der Waals surface area contributed by atoms with Crippen molar-refractivity contribution in [3.63, 3.8) is 0 Å². The number of guanidine groups is 1. The summed E-state index contributed by atoms with van der Waals surface area (Å²) >= 11 is 8.13. The molecular formula is C29H40ClN5S. The molecule has 0 aliphatic carbocycles. The van der Waals surface area contributed by atoms with Crippen molar-refractivity contribution in [2.24, 2.45) is 21.2 Å². The third-order valence-electron chi connectivity index (χ3n) is 5.93. The van der Waals surface area contributed by atoms with Crippen molar-refractivity contribution in [1.29, 1.82) is 0 Å². The summed E-state index contributed by atoms with van der Waals surface area (Å²) in [4.78, 5) is 5.26. The number of nitrogens with two attached hydrogens (primary N) is 1. The fourth-order valence-corrected chi connectivity index (χ4v) is 5.41. The first-order valence-corrected chi connectivity index (χ1v) is 13.6. The molecule has 3 N–H and O–H groups in total. The second kappa shape index (κ2) is 11.3. The highest BCUT2D eigenvalue weighted by Crippen LogP contribution is 2.43. The SMILES string of the molecule is CN=C(N)NN=CC(C)(C)Cc1c(SC(C)(C)C)c2cc(C(C)C)ccc2n1Cc1ccc(Cl)cc1. The minimum absolute atomic E-state index is 0.0633. The fourth-order valence-electron chi connectivity index (χ4n) is 4.10. The minimum Gasteiger partial charge on any atom is -0.369 e. The van der Waals surface area contributed by atoms with Gasteiger partial charge in [-0.1, -0.05) is 78.3 Å². The van der Waals surface area contributed by atoms with Crippen LogP contribution >= 0.6 is 23.4 Å². The van der Waals surface area contributed by atoms with E-state index < -0.39 is 0 Å². The lowest BCUT2D eigenvalue weighted by Gasteiger charge is -2.24. The van der Waals surface area contributed by atoms with E-state index in [0.717, 1.165) is 18.0 Å². The van der Waals surface area contributed by atoms with Crippen LogP contribution in [0.15, 0.2) is 57.5 Å². The van der Waals surface area contributed by atoms with Crippen LogP contribution in [0.3, 0.4) is 0 Å². The van der Waals surface area contributed by atoms with Gasteiger partial charge in [-0.2, -0.15) is 5.10 Å². The van der Waals surface area contributed by atoms with Gasteiger partial charge >= 0.3 is 0 Å². The molecule has 0 saturated heterocycles. The van der Waals surface area contributed by atoms with Crippen LogP contribution in [-0.4, -0.2) is 28.5 Å². The van der Waals surface area contributed by atoms with Crippen LogP contribution in [0, 0.1) is 5.41 Å². The molecule has 5 nitrogen and oxygen atoms in total. The zero-order chi connectivity index (χ0) is 26.7. The predicted molar refractivity (Wildman–Crippen MR) is 159 cm³/mol. The Balaban J connectivity index is 2.20. The lowest BCUT2D eigenvalue weighted by molar-refractivity contribution is 0.505. The highest BCUT2D eigenvalue weighted by atomic mass is 35.5. The van der Waals surface area contributed by atoms with Gasteiger partial charge < -0.3 is 10.3 Å². The number of halogens is 1. The minimum atomic E-state index is -0.221. The first-order valence-electron chi connectivity index (χ1n) is 12.4. The zero-order valence-electron chi connectivity index (χ0n) is 22.8. The van der Waals surface area contributed by atoms with Crippen molar-refractivity contribution in [1.82, 2.24) is 9.99 Å². The van der Waals surface area contributed by atoms with Crippen LogP contribution in [0.1, 0.15) is 71.2 Å². The number of rotatable bonds is 8. The summed E-state index contributed by atoms with van der Waals surface area (Å²) < 4.78 is 2.54. The average Bonchev–Trinajstić information content (AvgIpc) is 3.05. The van der Waals surface area contributed by atoms with E-state index in [0.29, 0.717) is 11.9 Å². The Morgan fingerprint density at radius 1 is 1.11 bits per heavy atom. The third-order valence-corrected chi connectivity index (χ3v) is 7.45. The van der Waals surface area contributed by atoms with Gasteiger partial charge in [0.05, 0.1) is 0 Å². The molecule has 0 saturated carbocycles. The van der Waals surface area contributed by atoms with E-state index >= 15 is 0 Å². The molecule has 0 amide bonds. The van der Waals surface area contributed by atoms with Crippen LogP contribution in [0.5, 0.6) is 0 Å². The number of benzene rings is 2. The molecule has 0 aliphatic heterocycles. The van der Waals surface area contributed by atoms with Crippen molar-refractivity contribution < 1.29 is 0 Å². The van der Waals surface area contributed by atoms with Crippen LogP contribution in [0.4, 0.5) is 0 Å². The summed E-state index contributed by atoms with van der Waals surface area (Å²) in [5, 5.41) is 6.44. The first kappa shape index (κ1) is 28.1. The molecule has 36 heavy (non-hydrogen) atoms. The highest BCUT2D eigenvalue weighted by Gasteiger charge is 2.27. The molecule has 3 rings (SSSR count). The largest absolute Gasteiger partial charge is 0.369 e. The Morgan fingerprint density at radius 3 is 2.36 bits per heavy atom. The number of aliphatic imine (C=N–C) groups is 1. The summed E-state index contributed by atoms with van der Waals surface area (Å²) in [5.74, 6) is 0.759. The number of fused-ring (bicyclic) bond motifs is 1. The maximum Gasteiger partial charge on any atom is 0.209 e. The predicted octanol–water partition coefficient (Wildman–Crippen LogP) is 7.45. The van der Waals surface area contributed by atoms with Gasteiger partial charge in [-0.15, -0.1) is 11.8 Å². The molecule has 194 valence electrons. The number of nitrogens with zero attached hydrogens (tertiary/aromatic N) is 3. The molecule has 0 fully saturated rings. The van der Waals surface area contributed by atoms with Crippen molar-refractivity contribution >= 4 is 46.4 Å². The standard InChI is InChI=1S/C29H40ClN5S/c1-19(2)21-11-14-24-23(15-21)26(36-28(3,4)5)25(16-29(6,7)18-33-34-27(31)32-8)35(24)17-20-9-12-22(30)13-10-20/h9-15,18-19H,16-17H2,1-8H3,(H3,31,32,34). The van der Waals surface area contributed by atoms with Gasteiger partial charge in [-0.3, -0.25) is 4.99 Å². The quantitative estimate of drug-likeness (QED) is 0.139. The molecule has 0 spiro atoms. The molecule has 0 unspecified atom stereocenters. The van der Waals surface area contributed by atoms with E-state index in [1.165, 1.54) is 32.6 Å². The number of hydrazone groups is 1. The van der Waals surface area contributed by atoms with Gasteiger partial charge in [0.15, 0.2) is 0 Å². The van der Waals surface area contributed by atoms with Crippen molar-refractivity contribution in [2.75, 3.05) is 7.05 Å². The molecule has 0 bridgehead atoms. The van der Waals surface area contributed by atoms with Gasteiger partial charge in [-0.05, 0) is 47.7 Å². The normalized spacial score (nSPS) is 13.3. The number of hydrogen-bond acceptors (Lipinski definition) is 3. The lowest BCUT2D eigenvalue weighted by atomic mass is 9.89. The summed E-state index contributed by atoms with van der Waals surface area (Å²) in [5.41, 5.74) is 13.5. The van der Waals surface area contributed by atoms with Gasteiger partial charge in [0.2, 0.25) is 5.96 Å². The van der Waals surface area contributed by atoms with E-state index in [9.17, 15) is 0 Å². The van der Waals surface area contributed by atoms with Crippen molar-refractivity contribution in [3.8, 4) is 0 Å². The second-order valence-electron chi connectivity index (χ2n) is 11.3. The van der Waals surface area contributed by atoms with Crippen molar-refractivity contribution in [2.45, 2.75) is 77.0 Å². The molecule has 2 aromatic carbocycles. The Morgan fingerprint density at radius 2 is 1.78 bits per heavy atom. The summed E-state index contributed by atoms with van der Waals surface area (Å²) in [6.45, 7) is 16.5. The first-order chi connectivity index (χ1) is 16.8. The van der Waals surface area contributed by atoms with E-state index in [2.05, 4.69) is 98.9 Å². The van der Waals surface area contributed by atoms with Crippen LogP contribution in [-0.2, 0) is 13.0 Å². The van der Waals surface area contributed by atoms with Crippen LogP contribution in [0.25, 0.3) is 10.9 Å². The monoisotopic (exact) mass is 525 g/mol. The average molecular weight is 526 g/mol. The van der Waals surface area contributed by atoms with Gasteiger partial charge in [0, 0.05) is 56.5 Å². The maximum atomic E-state index is 6.19. The molecular weight excluding hydrogens is 486 g/mol. The summed E-state index contributed by atoms with van der Waals surface area (Å²) in [7, 11) is 1.64. The van der Waals surface area contributed by atoms with E-state index in [1.54, 1.807) is 7.05 Å². The van der Waals surface area contributed by atoms with Crippen LogP contribution < -0.4 is 11.2 Å². The number of nitrogens with one attached hydrogen (secondary N) is 1. The number of aromatic nitrogens is 1. The topological polar surface area (TPSA) is 67.7 Å². The second-order valence-corrected chi connectivity index (χ2v) is 13.6.